The first kappa shape index (κ1) is 17.4. The van der Waals surface area contributed by atoms with Crippen LogP contribution < -0.4 is 11.1 Å². The van der Waals surface area contributed by atoms with Crippen molar-refractivity contribution in [3.05, 3.63) is 0 Å². The van der Waals surface area contributed by atoms with E-state index >= 15 is 0 Å². The van der Waals surface area contributed by atoms with Crippen LogP contribution in [0.15, 0.2) is 0 Å². The minimum absolute atomic E-state index is 0.0426. The molecule has 3 N–H and O–H groups in total. The molecule has 0 aliphatic heterocycles. The summed E-state index contributed by atoms with van der Waals surface area (Å²) in [6.45, 7) is 8.49. The van der Waals surface area contributed by atoms with Crippen molar-refractivity contribution in [3.8, 4) is 0 Å². The highest BCUT2D eigenvalue weighted by atomic mass is 16.7. The number of hydrogen-bond acceptors (Lipinski definition) is 4. The summed E-state index contributed by atoms with van der Waals surface area (Å²) in [5, 5.41) is 2.89. The first-order chi connectivity index (χ1) is 8.25. The number of amides is 1. The maximum Gasteiger partial charge on any atom is 0.224 e. The van der Waals surface area contributed by atoms with Gasteiger partial charge in [-0.3, -0.25) is 4.79 Å². The van der Waals surface area contributed by atoms with Gasteiger partial charge in [-0.2, -0.15) is 0 Å². The molecule has 0 saturated carbocycles. The SMILES string of the molecule is COC(OC)C(C)NC(=O)C(CN)CC(C)(C)C. The van der Waals surface area contributed by atoms with Gasteiger partial charge in [-0.15, -0.1) is 0 Å². The molecule has 0 aromatic rings. The van der Waals surface area contributed by atoms with Crippen molar-refractivity contribution in [2.75, 3.05) is 20.8 Å². The molecule has 108 valence electrons. The number of nitrogens with two attached hydrogens (primary N) is 1. The molecule has 0 aromatic heterocycles. The average Bonchev–Trinajstić information content (AvgIpc) is 2.26. The van der Waals surface area contributed by atoms with Gasteiger partial charge in [0.25, 0.3) is 0 Å². The summed E-state index contributed by atoms with van der Waals surface area (Å²) in [6, 6.07) is -0.207. The average molecular weight is 260 g/mol. The molecule has 0 saturated heterocycles. The molecule has 0 aliphatic carbocycles. The molecule has 5 heteroatoms. The van der Waals surface area contributed by atoms with Crippen molar-refractivity contribution < 1.29 is 14.3 Å². The molecule has 0 aromatic carbocycles. The second-order valence-corrected chi connectivity index (χ2v) is 5.83. The van der Waals surface area contributed by atoms with Gasteiger partial charge in [-0.25, -0.2) is 0 Å². The molecule has 2 atom stereocenters. The number of carbonyl (C=O) groups excluding carboxylic acids is 1. The van der Waals surface area contributed by atoms with Crippen LogP contribution in [0, 0.1) is 11.3 Å². The lowest BCUT2D eigenvalue weighted by Gasteiger charge is -2.27. The largest absolute Gasteiger partial charge is 0.354 e. The Kier molecular flexibility index (Phi) is 7.43. The van der Waals surface area contributed by atoms with Gasteiger partial charge < -0.3 is 20.5 Å². The number of hydrogen-bond donors (Lipinski definition) is 2. The van der Waals surface area contributed by atoms with Crippen LogP contribution in [-0.4, -0.2) is 39.0 Å². The molecule has 5 nitrogen and oxygen atoms in total. The Hall–Kier alpha value is -0.650. The van der Waals surface area contributed by atoms with Gasteiger partial charge in [-0.1, -0.05) is 20.8 Å². The molecule has 18 heavy (non-hydrogen) atoms. The van der Waals surface area contributed by atoms with Crippen LogP contribution in [0.2, 0.25) is 0 Å². The lowest BCUT2D eigenvalue weighted by molar-refractivity contribution is -0.139. The third-order valence-corrected chi connectivity index (χ3v) is 2.76. The monoisotopic (exact) mass is 260 g/mol. The highest BCUT2D eigenvalue weighted by Crippen LogP contribution is 2.24. The Morgan fingerprint density at radius 2 is 1.78 bits per heavy atom. The van der Waals surface area contributed by atoms with E-state index in [1.807, 2.05) is 6.92 Å². The predicted octanol–water partition coefficient (Wildman–Crippen LogP) is 1.12. The summed E-state index contributed by atoms with van der Waals surface area (Å²) in [6.07, 6.45) is 0.314. The van der Waals surface area contributed by atoms with E-state index in [0.29, 0.717) is 6.54 Å². The van der Waals surface area contributed by atoms with Crippen molar-refractivity contribution in [2.24, 2.45) is 17.1 Å². The molecular formula is C13H28N2O3. The second-order valence-electron chi connectivity index (χ2n) is 5.83. The number of rotatable bonds is 7. The number of methoxy groups -OCH3 is 2. The zero-order chi connectivity index (χ0) is 14.3. The summed E-state index contributed by atoms with van der Waals surface area (Å²) in [5.41, 5.74) is 5.75. The van der Waals surface area contributed by atoms with Crippen molar-refractivity contribution in [3.63, 3.8) is 0 Å². The lowest BCUT2D eigenvalue weighted by atomic mass is 9.84. The van der Waals surface area contributed by atoms with Crippen molar-refractivity contribution in [1.82, 2.24) is 5.32 Å². The Balaban J connectivity index is 4.44. The number of ether oxygens (including phenoxy) is 2. The topological polar surface area (TPSA) is 73.6 Å². The quantitative estimate of drug-likeness (QED) is 0.673. The third kappa shape index (κ3) is 6.33. The maximum absolute atomic E-state index is 12.1. The Bertz CT molecular complexity index is 247. The molecule has 0 bridgehead atoms. The fourth-order valence-corrected chi connectivity index (χ4v) is 1.94. The summed E-state index contributed by atoms with van der Waals surface area (Å²) in [5.74, 6) is -0.221. The molecule has 0 fully saturated rings. The van der Waals surface area contributed by atoms with Gasteiger partial charge in [0.1, 0.15) is 0 Å². The first-order valence-electron chi connectivity index (χ1n) is 6.31. The molecule has 0 radical (unpaired) electrons. The Labute approximate surface area is 110 Å². The lowest BCUT2D eigenvalue weighted by Crippen LogP contribution is -2.47. The van der Waals surface area contributed by atoms with E-state index in [2.05, 4.69) is 26.1 Å². The third-order valence-electron chi connectivity index (χ3n) is 2.76. The molecule has 1 amide bonds. The second kappa shape index (κ2) is 7.71. The van der Waals surface area contributed by atoms with Crippen LogP contribution in [0.3, 0.4) is 0 Å². The zero-order valence-corrected chi connectivity index (χ0v) is 12.4. The van der Waals surface area contributed by atoms with E-state index in [9.17, 15) is 4.79 Å². The van der Waals surface area contributed by atoms with Crippen LogP contribution in [0.25, 0.3) is 0 Å². The summed E-state index contributed by atoms with van der Waals surface area (Å²) in [4.78, 5) is 12.1. The van der Waals surface area contributed by atoms with Crippen molar-refractivity contribution >= 4 is 5.91 Å². The number of carbonyl (C=O) groups is 1. The van der Waals surface area contributed by atoms with Gasteiger partial charge in [0.2, 0.25) is 5.91 Å². The summed E-state index contributed by atoms with van der Waals surface area (Å²) >= 11 is 0. The van der Waals surface area contributed by atoms with Gasteiger partial charge in [0.15, 0.2) is 6.29 Å². The normalized spacial score (nSPS) is 15.6. The Morgan fingerprint density at radius 3 is 2.11 bits per heavy atom. The van der Waals surface area contributed by atoms with E-state index in [1.54, 1.807) is 14.2 Å². The van der Waals surface area contributed by atoms with Gasteiger partial charge in [-0.05, 0) is 18.8 Å². The van der Waals surface area contributed by atoms with E-state index in [1.165, 1.54) is 0 Å². The highest BCUT2D eigenvalue weighted by Gasteiger charge is 2.26. The molecule has 0 spiro atoms. The van der Waals surface area contributed by atoms with Gasteiger partial charge >= 0.3 is 0 Å². The van der Waals surface area contributed by atoms with Gasteiger partial charge in [0.05, 0.1) is 12.0 Å². The standard InChI is InChI=1S/C13H28N2O3/c1-9(12(17-5)18-6)15-11(16)10(8-14)7-13(2,3)4/h9-10,12H,7-8,14H2,1-6H3,(H,15,16). The fraction of sp³-hybridized carbons (Fsp3) is 0.923. The molecule has 0 rings (SSSR count). The van der Waals surface area contributed by atoms with E-state index in [4.69, 9.17) is 15.2 Å². The van der Waals surface area contributed by atoms with Crippen molar-refractivity contribution in [2.45, 2.75) is 46.4 Å². The van der Waals surface area contributed by atoms with Crippen LogP contribution >= 0.6 is 0 Å². The minimum atomic E-state index is -0.443. The minimum Gasteiger partial charge on any atom is -0.354 e. The fourth-order valence-electron chi connectivity index (χ4n) is 1.94. The summed E-state index contributed by atoms with van der Waals surface area (Å²) < 4.78 is 10.2. The van der Waals surface area contributed by atoms with Crippen LogP contribution in [0.1, 0.15) is 34.1 Å². The molecular weight excluding hydrogens is 232 g/mol. The van der Waals surface area contributed by atoms with E-state index in [-0.39, 0.29) is 23.3 Å². The summed E-state index contributed by atoms with van der Waals surface area (Å²) in [7, 11) is 3.10. The smallest absolute Gasteiger partial charge is 0.224 e. The van der Waals surface area contributed by atoms with E-state index < -0.39 is 6.29 Å². The predicted molar refractivity (Wildman–Crippen MR) is 72.0 cm³/mol. The maximum atomic E-state index is 12.1. The molecule has 0 heterocycles. The number of nitrogens with one attached hydrogen (secondary N) is 1. The van der Waals surface area contributed by atoms with Crippen LogP contribution in [0.5, 0.6) is 0 Å². The molecule has 2 unspecified atom stereocenters. The Morgan fingerprint density at radius 1 is 1.28 bits per heavy atom. The highest BCUT2D eigenvalue weighted by molar-refractivity contribution is 5.79. The first-order valence-corrected chi connectivity index (χ1v) is 6.31. The van der Waals surface area contributed by atoms with Crippen LogP contribution in [-0.2, 0) is 14.3 Å². The van der Waals surface area contributed by atoms with E-state index in [0.717, 1.165) is 6.42 Å². The zero-order valence-electron chi connectivity index (χ0n) is 12.4. The molecule has 0 aliphatic rings. The van der Waals surface area contributed by atoms with Crippen LogP contribution in [0.4, 0.5) is 0 Å². The van der Waals surface area contributed by atoms with Crippen molar-refractivity contribution in [1.29, 1.82) is 0 Å². The van der Waals surface area contributed by atoms with Gasteiger partial charge in [0, 0.05) is 20.8 Å².